The van der Waals surface area contributed by atoms with E-state index in [1.54, 1.807) is 23.0 Å². The lowest BCUT2D eigenvalue weighted by atomic mass is 11.1. The van der Waals surface area contributed by atoms with Crippen molar-refractivity contribution in [2.45, 2.75) is 0 Å². The van der Waals surface area contributed by atoms with Crippen molar-refractivity contribution in [3.63, 3.8) is 0 Å². The van der Waals surface area contributed by atoms with Crippen LogP contribution in [-0.2, 0) is 3.07 Å². The van der Waals surface area contributed by atoms with Gasteiger partial charge in [-0.05, 0) is 0 Å². The second kappa shape index (κ2) is 4.20. The van der Waals surface area contributed by atoms with Crippen LogP contribution in [-0.4, -0.2) is 0 Å². The molecule has 30 valence electrons. The molecule has 0 saturated carbocycles. The molecular weight excluding hydrogens is 186 g/mol. The zero-order valence-electron chi connectivity index (χ0n) is 2.32. The lowest BCUT2D eigenvalue weighted by Crippen LogP contribution is -1.42. The first kappa shape index (κ1) is 5.20. The minimum Gasteiger partial charge on any atom is -0.433 e. The van der Waals surface area contributed by atoms with Crippen LogP contribution in [0.2, 0.25) is 0 Å². The average Bonchev–Trinajstić information content (AvgIpc) is 1.41. The van der Waals surface area contributed by atoms with Gasteiger partial charge in [0.2, 0.25) is 0 Å². The first-order chi connectivity index (χ1) is 2.41. The maximum Gasteiger partial charge on any atom is 0.191 e. The number of halogens is 2. The molecule has 0 bridgehead atoms. The molecule has 0 aromatic heterocycles. The molecule has 5 heavy (non-hydrogen) atoms. The molecule has 0 radical (unpaired) electrons. The van der Waals surface area contributed by atoms with E-state index in [2.05, 4.69) is 3.07 Å². The summed E-state index contributed by atoms with van der Waals surface area (Å²) in [5.74, 6) is 0. The third-order valence-corrected chi connectivity index (χ3v) is 0.396. The van der Waals surface area contributed by atoms with Gasteiger partial charge in [-0.3, -0.25) is 0 Å². The molecule has 0 atom stereocenters. The van der Waals surface area contributed by atoms with Crippen molar-refractivity contribution in [1.29, 1.82) is 0 Å². The van der Waals surface area contributed by atoms with Crippen molar-refractivity contribution in [3.8, 4) is 0 Å². The van der Waals surface area contributed by atoms with Crippen LogP contribution >= 0.6 is 23.0 Å². The van der Waals surface area contributed by atoms with Crippen molar-refractivity contribution < 1.29 is 7.46 Å². The van der Waals surface area contributed by atoms with Gasteiger partial charge in [-0.1, -0.05) is 0 Å². The Labute approximate surface area is 43.5 Å². The molecule has 0 aliphatic rings. The number of rotatable bonds is 1. The zero-order valence-corrected chi connectivity index (χ0v) is 4.48. The van der Waals surface area contributed by atoms with E-state index in [9.17, 15) is 4.39 Å². The van der Waals surface area contributed by atoms with Gasteiger partial charge in [0.15, 0.2) is 23.0 Å². The summed E-state index contributed by atoms with van der Waals surface area (Å²) in [6.45, 7) is 0. The highest BCUT2D eigenvalue weighted by Crippen LogP contribution is 1.84. The van der Waals surface area contributed by atoms with Crippen LogP contribution in [0.5, 0.6) is 0 Å². The van der Waals surface area contributed by atoms with Gasteiger partial charge in [-0.25, -0.2) is 4.39 Å². The third-order valence-electron chi connectivity index (χ3n) is 0.103. The molecule has 0 rings (SSSR count). The predicted molar refractivity (Wildman–Crippen MR) is 25.4 cm³/mol. The standard InChI is InChI=1S/C2H2FIO/c3-1-2-5-4/h1-2H. The maximum absolute atomic E-state index is 10.7. The Kier molecular flexibility index (Phi) is 4.37. The summed E-state index contributed by atoms with van der Waals surface area (Å²) in [5.41, 5.74) is 0. The third kappa shape index (κ3) is 4.20. The van der Waals surface area contributed by atoms with Gasteiger partial charge in [-0.2, -0.15) is 0 Å². The van der Waals surface area contributed by atoms with E-state index in [4.69, 9.17) is 0 Å². The van der Waals surface area contributed by atoms with Crippen LogP contribution < -0.4 is 0 Å². The fourth-order valence-electron chi connectivity index (χ4n) is 0.0194. The van der Waals surface area contributed by atoms with Crippen LogP contribution in [0.4, 0.5) is 4.39 Å². The monoisotopic (exact) mass is 188 g/mol. The molecule has 0 aliphatic heterocycles. The Morgan fingerprint density at radius 1 is 1.80 bits per heavy atom. The van der Waals surface area contributed by atoms with Crippen molar-refractivity contribution >= 4 is 23.0 Å². The quantitative estimate of drug-likeness (QED) is 0.450. The predicted octanol–water partition coefficient (Wildman–Crippen LogP) is 1.79. The average molecular weight is 188 g/mol. The molecule has 0 fully saturated rings. The normalized spacial score (nSPS) is 9.20. The lowest BCUT2D eigenvalue weighted by molar-refractivity contribution is 0.594. The largest absolute Gasteiger partial charge is 0.433 e. The lowest BCUT2D eigenvalue weighted by Gasteiger charge is -1.69. The summed E-state index contributed by atoms with van der Waals surface area (Å²) in [4.78, 5) is 0. The van der Waals surface area contributed by atoms with Gasteiger partial charge in [0.1, 0.15) is 12.6 Å². The van der Waals surface area contributed by atoms with Crippen molar-refractivity contribution in [3.05, 3.63) is 12.6 Å². The Balaban J connectivity index is 2.62. The molecular formula is C2H2FIO. The molecule has 3 heteroatoms. The molecule has 0 N–H and O–H groups in total. The molecule has 0 aliphatic carbocycles. The second-order valence-electron chi connectivity index (χ2n) is 0.351. The summed E-state index contributed by atoms with van der Waals surface area (Å²) in [6, 6.07) is 0. The minimum atomic E-state index is 0.326. The Bertz CT molecular complexity index is 36.6. The van der Waals surface area contributed by atoms with E-state index in [-0.39, 0.29) is 0 Å². The highest BCUT2D eigenvalue weighted by atomic mass is 127. The van der Waals surface area contributed by atoms with Gasteiger partial charge in [0, 0.05) is 0 Å². The van der Waals surface area contributed by atoms with Crippen molar-refractivity contribution in [2.75, 3.05) is 0 Å². The number of hydrogen-bond donors (Lipinski definition) is 0. The van der Waals surface area contributed by atoms with E-state index in [1.165, 1.54) is 0 Å². The fraction of sp³-hybridized carbons (Fsp3) is 0. The summed E-state index contributed by atoms with van der Waals surface area (Å²) in [5, 5.41) is 0. The highest BCUT2D eigenvalue weighted by Gasteiger charge is 1.54. The summed E-state index contributed by atoms with van der Waals surface area (Å²) in [6.07, 6.45) is 1.27. The van der Waals surface area contributed by atoms with Crippen molar-refractivity contribution in [1.82, 2.24) is 0 Å². The first-order valence-electron chi connectivity index (χ1n) is 0.942. The Morgan fingerprint density at radius 3 is 2.40 bits per heavy atom. The highest BCUT2D eigenvalue weighted by molar-refractivity contribution is 14.1. The zero-order chi connectivity index (χ0) is 4.12. The fourth-order valence-corrected chi connectivity index (χ4v) is 0.130. The second-order valence-corrected chi connectivity index (χ2v) is 0.860. The molecule has 0 unspecified atom stereocenters. The van der Waals surface area contributed by atoms with E-state index in [1.807, 2.05) is 0 Å². The smallest absolute Gasteiger partial charge is 0.191 e. The topological polar surface area (TPSA) is 9.23 Å². The van der Waals surface area contributed by atoms with Gasteiger partial charge in [0.25, 0.3) is 0 Å². The van der Waals surface area contributed by atoms with E-state index in [0.717, 1.165) is 6.26 Å². The van der Waals surface area contributed by atoms with Gasteiger partial charge in [0.05, 0.1) is 0 Å². The van der Waals surface area contributed by atoms with Crippen LogP contribution in [0.1, 0.15) is 0 Å². The Morgan fingerprint density at radius 2 is 2.40 bits per heavy atom. The minimum absolute atomic E-state index is 0.326. The number of hydrogen-bond acceptors (Lipinski definition) is 1. The molecule has 0 spiro atoms. The molecule has 0 saturated heterocycles. The summed E-state index contributed by atoms with van der Waals surface area (Å²) < 4.78 is 14.8. The van der Waals surface area contributed by atoms with Crippen LogP contribution in [0.15, 0.2) is 12.6 Å². The molecule has 0 aromatic rings. The Hall–Kier alpha value is 0.200. The molecule has 1 nitrogen and oxygen atoms in total. The molecule has 0 aromatic carbocycles. The van der Waals surface area contributed by atoms with Crippen LogP contribution in [0.3, 0.4) is 0 Å². The van der Waals surface area contributed by atoms with E-state index < -0.39 is 0 Å². The first-order valence-corrected chi connectivity index (χ1v) is 1.82. The maximum atomic E-state index is 10.7. The van der Waals surface area contributed by atoms with E-state index in [0.29, 0.717) is 6.33 Å². The van der Waals surface area contributed by atoms with Crippen LogP contribution in [0.25, 0.3) is 0 Å². The SMILES string of the molecule is FC=COI. The summed E-state index contributed by atoms with van der Waals surface area (Å²) in [7, 11) is 0. The van der Waals surface area contributed by atoms with Gasteiger partial charge >= 0.3 is 0 Å². The molecule has 0 amide bonds. The summed E-state index contributed by atoms with van der Waals surface area (Å²) >= 11 is 1.56. The van der Waals surface area contributed by atoms with Crippen LogP contribution in [0, 0.1) is 0 Å². The molecule has 0 heterocycles. The van der Waals surface area contributed by atoms with Crippen molar-refractivity contribution in [2.24, 2.45) is 0 Å². The van der Waals surface area contributed by atoms with E-state index >= 15 is 0 Å². The van der Waals surface area contributed by atoms with Gasteiger partial charge < -0.3 is 3.07 Å². The van der Waals surface area contributed by atoms with Gasteiger partial charge in [-0.15, -0.1) is 0 Å².